The zero-order chi connectivity index (χ0) is 24.3. The maximum absolute atomic E-state index is 13.5. The first-order chi connectivity index (χ1) is 14.8. The molecular weight excluding hydrogens is 457 g/mol. The van der Waals surface area contributed by atoms with Crippen LogP contribution < -0.4 is 10.0 Å². The van der Waals surface area contributed by atoms with Gasteiger partial charge in [-0.2, -0.15) is 13.2 Å². The van der Waals surface area contributed by atoms with Crippen molar-refractivity contribution in [1.29, 1.82) is 0 Å². The number of anilines is 2. The average molecular weight is 474 g/mol. The first-order valence-corrected chi connectivity index (χ1v) is 10.1. The predicted octanol–water partition coefficient (Wildman–Crippen LogP) is 3.04. The molecule has 0 aliphatic heterocycles. The summed E-state index contributed by atoms with van der Waals surface area (Å²) in [6.45, 7) is 1.09. The van der Waals surface area contributed by atoms with Crippen LogP contribution in [0.2, 0.25) is 0 Å². The molecule has 2 rings (SSSR count). The summed E-state index contributed by atoms with van der Waals surface area (Å²) < 4.78 is 77.3. The molecule has 0 spiro atoms. The average Bonchev–Trinajstić information content (AvgIpc) is 2.71. The van der Waals surface area contributed by atoms with Crippen LogP contribution in [-0.2, 0) is 30.5 Å². The van der Waals surface area contributed by atoms with Crippen molar-refractivity contribution in [2.45, 2.75) is 18.0 Å². The Bertz CT molecular complexity index is 1180. The molecule has 0 bridgehead atoms. The van der Waals surface area contributed by atoms with Gasteiger partial charge in [-0.05, 0) is 36.4 Å². The summed E-state index contributed by atoms with van der Waals surface area (Å²) in [5.74, 6) is -2.67. The second kappa shape index (κ2) is 9.26. The molecule has 9 nitrogen and oxygen atoms in total. The van der Waals surface area contributed by atoms with Crippen LogP contribution in [0.15, 0.2) is 41.3 Å². The zero-order valence-electron chi connectivity index (χ0n) is 16.9. The van der Waals surface area contributed by atoms with Gasteiger partial charge in [-0.15, -0.1) is 0 Å². The van der Waals surface area contributed by atoms with E-state index in [2.05, 4.69) is 14.8 Å². The molecule has 0 heterocycles. The van der Waals surface area contributed by atoms with Gasteiger partial charge in [0.05, 0.1) is 36.6 Å². The smallest absolute Gasteiger partial charge is 0.418 e. The van der Waals surface area contributed by atoms with Gasteiger partial charge in [0.2, 0.25) is 5.91 Å². The molecule has 0 aliphatic carbocycles. The topological polar surface area (TPSA) is 128 Å². The Labute approximate surface area is 180 Å². The number of rotatable bonds is 6. The Morgan fingerprint density at radius 2 is 1.56 bits per heavy atom. The minimum absolute atomic E-state index is 0.212. The van der Waals surface area contributed by atoms with Crippen LogP contribution in [0.1, 0.15) is 33.2 Å². The number of carbonyl (C=O) groups excluding carboxylic acids is 3. The van der Waals surface area contributed by atoms with E-state index in [4.69, 9.17) is 0 Å². The number of nitrogens with one attached hydrogen (secondary N) is 2. The Balaban J connectivity index is 2.63. The quantitative estimate of drug-likeness (QED) is 0.616. The molecule has 0 fully saturated rings. The van der Waals surface area contributed by atoms with E-state index in [1.165, 1.54) is 0 Å². The molecule has 0 unspecified atom stereocenters. The van der Waals surface area contributed by atoms with Gasteiger partial charge in [-0.1, -0.05) is 0 Å². The third kappa shape index (κ3) is 5.55. The molecular formula is C19H17F3N2O7S. The second-order valence-corrected chi connectivity index (χ2v) is 7.89. The number of benzene rings is 2. The Morgan fingerprint density at radius 1 is 0.938 bits per heavy atom. The van der Waals surface area contributed by atoms with Crippen molar-refractivity contribution in [3.63, 3.8) is 0 Å². The maximum Gasteiger partial charge on any atom is 0.418 e. The molecule has 0 radical (unpaired) electrons. The van der Waals surface area contributed by atoms with Crippen molar-refractivity contribution in [3.05, 3.63) is 53.1 Å². The lowest BCUT2D eigenvalue weighted by atomic mass is 10.1. The molecule has 1 amide bonds. The van der Waals surface area contributed by atoms with Gasteiger partial charge in [0.15, 0.2) is 0 Å². The van der Waals surface area contributed by atoms with Crippen LogP contribution >= 0.6 is 0 Å². The van der Waals surface area contributed by atoms with Crippen LogP contribution in [0.25, 0.3) is 0 Å². The van der Waals surface area contributed by atoms with Crippen LogP contribution in [0, 0.1) is 0 Å². The molecule has 0 atom stereocenters. The number of sulfonamides is 1. The number of hydrogen-bond acceptors (Lipinski definition) is 7. The first kappa shape index (κ1) is 24.7. The Kier molecular flexibility index (Phi) is 7.13. The molecule has 2 N–H and O–H groups in total. The van der Waals surface area contributed by atoms with Crippen molar-refractivity contribution < 1.29 is 45.4 Å². The lowest BCUT2D eigenvalue weighted by Gasteiger charge is -2.17. The number of ether oxygens (including phenoxy) is 2. The normalized spacial score (nSPS) is 11.4. The van der Waals surface area contributed by atoms with Gasteiger partial charge in [0, 0.05) is 12.6 Å². The summed E-state index contributed by atoms with van der Waals surface area (Å²) >= 11 is 0. The number of alkyl halides is 3. The van der Waals surface area contributed by atoms with Gasteiger partial charge in [-0.25, -0.2) is 18.0 Å². The molecule has 32 heavy (non-hydrogen) atoms. The molecule has 0 saturated heterocycles. The van der Waals surface area contributed by atoms with E-state index in [1.807, 2.05) is 0 Å². The molecule has 0 aromatic heterocycles. The second-order valence-electron chi connectivity index (χ2n) is 6.24. The molecule has 2 aromatic carbocycles. The lowest BCUT2D eigenvalue weighted by Crippen LogP contribution is -2.21. The highest BCUT2D eigenvalue weighted by Crippen LogP contribution is 2.37. The predicted molar refractivity (Wildman–Crippen MR) is 106 cm³/mol. The van der Waals surface area contributed by atoms with Crippen LogP contribution in [0.3, 0.4) is 0 Å². The summed E-state index contributed by atoms with van der Waals surface area (Å²) in [5, 5.41) is 2.17. The van der Waals surface area contributed by atoms with Gasteiger partial charge >= 0.3 is 18.1 Å². The highest BCUT2D eigenvalue weighted by molar-refractivity contribution is 7.92. The van der Waals surface area contributed by atoms with Crippen LogP contribution in [0.5, 0.6) is 0 Å². The minimum atomic E-state index is -4.99. The van der Waals surface area contributed by atoms with Crippen LogP contribution in [-0.4, -0.2) is 40.5 Å². The van der Waals surface area contributed by atoms with E-state index in [-0.39, 0.29) is 11.3 Å². The fraction of sp³-hybridized carbons (Fsp3) is 0.211. The van der Waals surface area contributed by atoms with Gasteiger partial charge in [0.1, 0.15) is 4.90 Å². The Morgan fingerprint density at radius 3 is 2.09 bits per heavy atom. The summed E-state index contributed by atoms with van der Waals surface area (Å²) in [7, 11) is -2.82. The summed E-state index contributed by atoms with van der Waals surface area (Å²) in [6, 6.07) is 5.25. The summed E-state index contributed by atoms with van der Waals surface area (Å²) in [5.41, 5.74) is -3.26. The zero-order valence-corrected chi connectivity index (χ0v) is 17.7. The van der Waals surface area contributed by atoms with Crippen molar-refractivity contribution in [2.24, 2.45) is 0 Å². The molecule has 0 aliphatic rings. The third-order valence-electron chi connectivity index (χ3n) is 3.99. The number of amides is 1. The summed E-state index contributed by atoms with van der Waals surface area (Å²) in [4.78, 5) is 34.1. The molecule has 172 valence electrons. The monoisotopic (exact) mass is 474 g/mol. The van der Waals surface area contributed by atoms with E-state index in [9.17, 15) is 36.0 Å². The van der Waals surface area contributed by atoms with E-state index in [0.717, 1.165) is 51.5 Å². The fourth-order valence-corrected chi connectivity index (χ4v) is 3.92. The van der Waals surface area contributed by atoms with E-state index < -0.39 is 55.8 Å². The molecule has 2 aromatic rings. The maximum atomic E-state index is 13.5. The number of halogens is 3. The largest absolute Gasteiger partial charge is 0.465 e. The van der Waals surface area contributed by atoms with Crippen molar-refractivity contribution in [1.82, 2.24) is 0 Å². The number of esters is 2. The number of hydrogen-bond donors (Lipinski definition) is 2. The fourth-order valence-electron chi connectivity index (χ4n) is 2.62. The molecule has 0 saturated carbocycles. The highest BCUT2D eigenvalue weighted by Gasteiger charge is 2.36. The lowest BCUT2D eigenvalue weighted by molar-refractivity contribution is -0.136. The first-order valence-electron chi connectivity index (χ1n) is 8.62. The number of carbonyl (C=O) groups is 3. The molecule has 13 heteroatoms. The minimum Gasteiger partial charge on any atom is -0.465 e. The Hall–Kier alpha value is -3.61. The summed E-state index contributed by atoms with van der Waals surface area (Å²) in [6.07, 6.45) is -4.99. The van der Waals surface area contributed by atoms with E-state index in [0.29, 0.717) is 6.07 Å². The third-order valence-corrected chi connectivity index (χ3v) is 5.39. The van der Waals surface area contributed by atoms with Gasteiger partial charge < -0.3 is 14.8 Å². The van der Waals surface area contributed by atoms with Crippen molar-refractivity contribution in [2.75, 3.05) is 24.3 Å². The van der Waals surface area contributed by atoms with Crippen molar-refractivity contribution >= 4 is 39.2 Å². The standard InChI is InChI=1S/C19H17F3N2O7S/c1-10(25)23-12-5-7-15(14(9-12)19(20,21)22)24-32(28,29)16-8-11(17(26)30-2)4-6-13(16)18(27)31-3/h4-9,24H,1-3H3,(H,23,25). The number of methoxy groups -OCH3 is 2. The van der Waals surface area contributed by atoms with Crippen molar-refractivity contribution in [3.8, 4) is 0 Å². The SMILES string of the molecule is COC(=O)c1ccc(C(=O)OC)c(S(=O)(=O)Nc2ccc(NC(C)=O)cc2C(F)(F)F)c1. The van der Waals surface area contributed by atoms with E-state index >= 15 is 0 Å². The van der Waals surface area contributed by atoms with E-state index in [1.54, 1.807) is 4.72 Å². The van der Waals surface area contributed by atoms with Crippen LogP contribution in [0.4, 0.5) is 24.5 Å². The van der Waals surface area contributed by atoms with Gasteiger partial charge in [-0.3, -0.25) is 9.52 Å². The van der Waals surface area contributed by atoms with Gasteiger partial charge in [0.25, 0.3) is 10.0 Å². The highest BCUT2D eigenvalue weighted by atomic mass is 32.2.